The highest BCUT2D eigenvalue weighted by atomic mass is 32.1. The van der Waals surface area contributed by atoms with E-state index in [-0.39, 0.29) is 5.91 Å². The lowest BCUT2D eigenvalue weighted by molar-refractivity contribution is 0.0951. The predicted molar refractivity (Wildman–Crippen MR) is 103 cm³/mol. The molecule has 2 aromatic heterocycles. The molecular weight excluding hydrogens is 328 g/mol. The summed E-state index contributed by atoms with van der Waals surface area (Å²) in [7, 11) is 0. The second-order valence-corrected chi connectivity index (χ2v) is 6.65. The van der Waals surface area contributed by atoms with Crippen LogP contribution < -0.4 is 5.32 Å². The summed E-state index contributed by atoms with van der Waals surface area (Å²) in [5.41, 5.74) is 3.59. The zero-order chi connectivity index (χ0) is 17.1. The van der Waals surface area contributed by atoms with Crippen molar-refractivity contribution in [2.75, 3.05) is 0 Å². The molecular formula is C21H16N2OS. The minimum Gasteiger partial charge on any atom is -0.348 e. The third kappa shape index (κ3) is 3.30. The molecule has 0 aliphatic heterocycles. The molecule has 0 bridgehead atoms. The van der Waals surface area contributed by atoms with Gasteiger partial charge < -0.3 is 5.32 Å². The van der Waals surface area contributed by atoms with Gasteiger partial charge in [0.1, 0.15) is 0 Å². The SMILES string of the molecule is O=C(NCc1ccccc1)c1ccnc(-c2csc3ccccc23)c1. The Balaban J connectivity index is 1.58. The van der Waals surface area contributed by atoms with E-state index in [1.165, 1.54) is 10.1 Å². The maximum Gasteiger partial charge on any atom is 0.251 e. The van der Waals surface area contributed by atoms with E-state index in [0.717, 1.165) is 16.8 Å². The molecule has 0 spiro atoms. The number of fused-ring (bicyclic) bond motifs is 1. The molecule has 0 saturated heterocycles. The van der Waals surface area contributed by atoms with Crippen LogP contribution in [0.2, 0.25) is 0 Å². The van der Waals surface area contributed by atoms with Crippen LogP contribution in [0.1, 0.15) is 15.9 Å². The first-order valence-electron chi connectivity index (χ1n) is 8.06. The van der Waals surface area contributed by atoms with Crippen LogP contribution in [0.3, 0.4) is 0 Å². The van der Waals surface area contributed by atoms with Crippen molar-refractivity contribution in [2.24, 2.45) is 0 Å². The molecule has 0 aliphatic carbocycles. The van der Waals surface area contributed by atoms with Gasteiger partial charge in [0.2, 0.25) is 0 Å². The van der Waals surface area contributed by atoms with Crippen molar-refractivity contribution in [3.63, 3.8) is 0 Å². The third-order valence-corrected chi connectivity index (χ3v) is 5.04. The second kappa shape index (κ2) is 6.87. The molecule has 0 saturated carbocycles. The van der Waals surface area contributed by atoms with Crippen LogP contribution in [0.4, 0.5) is 0 Å². The van der Waals surface area contributed by atoms with Crippen molar-refractivity contribution < 1.29 is 4.79 Å². The fourth-order valence-corrected chi connectivity index (χ4v) is 3.73. The molecule has 0 aliphatic rings. The van der Waals surface area contributed by atoms with E-state index in [1.54, 1.807) is 23.6 Å². The zero-order valence-corrected chi connectivity index (χ0v) is 14.3. The van der Waals surface area contributed by atoms with Crippen molar-refractivity contribution in [3.05, 3.63) is 89.4 Å². The van der Waals surface area contributed by atoms with Gasteiger partial charge in [-0.25, -0.2) is 0 Å². The first-order valence-corrected chi connectivity index (χ1v) is 8.94. The quantitative estimate of drug-likeness (QED) is 0.572. The first-order chi connectivity index (χ1) is 12.3. The van der Waals surface area contributed by atoms with Gasteiger partial charge in [0, 0.05) is 39.3 Å². The highest BCUT2D eigenvalue weighted by Gasteiger charge is 2.11. The Morgan fingerprint density at radius 2 is 1.80 bits per heavy atom. The maximum absolute atomic E-state index is 12.5. The summed E-state index contributed by atoms with van der Waals surface area (Å²) >= 11 is 1.69. The van der Waals surface area contributed by atoms with Crippen LogP contribution in [0.5, 0.6) is 0 Å². The van der Waals surface area contributed by atoms with Crippen molar-refractivity contribution in [1.29, 1.82) is 0 Å². The molecule has 2 heterocycles. The number of hydrogen-bond acceptors (Lipinski definition) is 3. The van der Waals surface area contributed by atoms with Crippen molar-refractivity contribution in [1.82, 2.24) is 10.3 Å². The molecule has 3 nitrogen and oxygen atoms in total. The molecule has 4 heteroatoms. The minimum atomic E-state index is -0.0907. The fraction of sp³-hybridized carbons (Fsp3) is 0.0476. The van der Waals surface area contributed by atoms with E-state index in [9.17, 15) is 4.79 Å². The molecule has 4 rings (SSSR count). The molecule has 25 heavy (non-hydrogen) atoms. The molecule has 122 valence electrons. The number of aromatic nitrogens is 1. The van der Waals surface area contributed by atoms with Crippen LogP contribution in [0.15, 0.2) is 78.3 Å². The Labute approximate surface area is 150 Å². The summed E-state index contributed by atoms with van der Waals surface area (Å²) in [6, 6.07) is 21.7. The molecule has 0 atom stereocenters. The topological polar surface area (TPSA) is 42.0 Å². The number of rotatable bonds is 4. The summed E-state index contributed by atoms with van der Waals surface area (Å²) in [6.07, 6.45) is 1.69. The first kappa shape index (κ1) is 15.5. The smallest absolute Gasteiger partial charge is 0.251 e. The van der Waals surface area contributed by atoms with E-state index >= 15 is 0 Å². The lowest BCUT2D eigenvalue weighted by Gasteiger charge is -2.07. The van der Waals surface area contributed by atoms with Gasteiger partial charge in [-0.05, 0) is 23.8 Å². The van der Waals surface area contributed by atoms with Gasteiger partial charge in [0.25, 0.3) is 5.91 Å². The molecule has 2 aromatic carbocycles. The largest absolute Gasteiger partial charge is 0.348 e. The molecule has 1 N–H and O–H groups in total. The maximum atomic E-state index is 12.5. The van der Waals surface area contributed by atoms with E-state index in [0.29, 0.717) is 12.1 Å². The summed E-state index contributed by atoms with van der Waals surface area (Å²) in [5, 5.41) is 6.23. The number of nitrogens with zero attached hydrogens (tertiary/aromatic N) is 1. The predicted octanol–water partition coefficient (Wildman–Crippen LogP) is 4.89. The molecule has 4 aromatic rings. The van der Waals surface area contributed by atoms with Gasteiger partial charge in [0.05, 0.1) is 5.69 Å². The number of hydrogen-bond donors (Lipinski definition) is 1. The van der Waals surface area contributed by atoms with E-state index in [2.05, 4.69) is 27.8 Å². The summed E-state index contributed by atoms with van der Waals surface area (Å²) < 4.78 is 1.22. The number of benzene rings is 2. The van der Waals surface area contributed by atoms with Gasteiger partial charge in [-0.1, -0.05) is 48.5 Å². The minimum absolute atomic E-state index is 0.0907. The number of carbonyl (C=O) groups is 1. The number of amides is 1. The van der Waals surface area contributed by atoms with Crippen LogP contribution in [-0.4, -0.2) is 10.9 Å². The van der Waals surface area contributed by atoms with Gasteiger partial charge in [-0.15, -0.1) is 11.3 Å². The van der Waals surface area contributed by atoms with Crippen LogP contribution in [-0.2, 0) is 6.54 Å². The summed E-state index contributed by atoms with van der Waals surface area (Å²) in [5.74, 6) is -0.0907. The van der Waals surface area contributed by atoms with Crippen molar-refractivity contribution in [2.45, 2.75) is 6.54 Å². The lowest BCUT2D eigenvalue weighted by atomic mass is 10.1. The standard InChI is InChI=1S/C21H16N2OS/c24-21(23-13-15-6-2-1-3-7-15)16-10-11-22-19(12-16)18-14-25-20-9-5-4-8-17(18)20/h1-12,14H,13H2,(H,23,24). The molecule has 0 unspecified atom stereocenters. The average Bonchev–Trinajstić information content (AvgIpc) is 3.11. The Kier molecular flexibility index (Phi) is 4.27. The normalized spacial score (nSPS) is 10.7. The highest BCUT2D eigenvalue weighted by Crippen LogP contribution is 2.32. The van der Waals surface area contributed by atoms with E-state index in [1.807, 2.05) is 48.5 Å². The number of carbonyl (C=O) groups excluding carboxylic acids is 1. The molecule has 0 radical (unpaired) electrons. The van der Waals surface area contributed by atoms with Crippen molar-refractivity contribution in [3.8, 4) is 11.3 Å². The second-order valence-electron chi connectivity index (χ2n) is 5.74. The van der Waals surface area contributed by atoms with Crippen LogP contribution in [0, 0.1) is 0 Å². The highest BCUT2D eigenvalue weighted by molar-refractivity contribution is 7.17. The molecule has 0 fully saturated rings. The van der Waals surface area contributed by atoms with Gasteiger partial charge in [0.15, 0.2) is 0 Å². The van der Waals surface area contributed by atoms with Crippen molar-refractivity contribution >= 4 is 27.3 Å². The zero-order valence-electron chi connectivity index (χ0n) is 13.5. The number of thiophene rings is 1. The van der Waals surface area contributed by atoms with Crippen LogP contribution >= 0.6 is 11.3 Å². The lowest BCUT2D eigenvalue weighted by Crippen LogP contribution is -2.22. The Morgan fingerprint density at radius 3 is 2.68 bits per heavy atom. The Hall–Kier alpha value is -2.98. The van der Waals surface area contributed by atoms with Gasteiger partial charge in [-0.2, -0.15) is 0 Å². The molecule has 1 amide bonds. The number of nitrogens with one attached hydrogen (secondary N) is 1. The third-order valence-electron chi connectivity index (χ3n) is 4.07. The Bertz CT molecular complexity index is 1020. The van der Waals surface area contributed by atoms with E-state index < -0.39 is 0 Å². The average molecular weight is 344 g/mol. The van der Waals surface area contributed by atoms with E-state index in [4.69, 9.17) is 0 Å². The van der Waals surface area contributed by atoms with Gasteiger partial charge in [-0.3, -0.25) is 9.78 Å². The fourth-order valence-electron chi connectivity index (χ4n) is 2.78. The van der Waals surface area contributed by atoms with Crippen LogP contribution in [0.25, 0.3) is 21.3 Å². The summed E-state index contributed by atoms with van der Waals surface area (Å²) in [4.78, 5) is 16.9. The summed E-state index contributed by atoms with van der Waals surface area (Å²) in [6.45, 7) is 0.513. The Morgan fingerprint density at radius 1 is 1.00 bits per heavy atom. The number of pyridine rings is 1. The van der Waals surface area contributed by atoms with Gasteiger partial charge >= 0.3 is 0 Å². The monoisotopic (exact) mass is 344 g/mol.